The molecule has 1 aromatic rings. The van der Waals surface area contributed by atoms with Crippen LogP contribution >= 0.6 is 0 Å². The minimum absolute atomic E-state index is 0.431. The van der Waals surface area contributed by atoms with E-state index in [0.29, 0.717) is 5.75 Å². The number of aromatic hydroxyl groups is 1. The van der Waals surface area contributed by atoms with E-state index >= 15 is 0 Å². The van der Waals surface area contributed by atoms with Crippen LogP contribution in [0.4, 0.5) is 0 Å². The molecule has 0 saturated carbocycles. The predicted molar refractivity (Wildman–Crippen MR) is 64.2 cm³/mol. The highest BCUT2D eigenvalue weighted by molar-refractivity contribution is 5.42. The largest absolute Gasteiger partial charge is 0.507 e. The van der Waals surface area contributed by atoms with Gasteiger partial charge in [-0.05, 0) is 56.3 Å². The predicted octanol–water partition coefficient (Wildman–Crippen LogP) is 2.68. The molecule has 0 aliphatic carbocycles. The number of hydrogen-bond donors (Lipinski definition) is 2. The summed E-state index contributed by atoms with van der Waals surface area (Å²) in [5, 5.41) is 9.62. The molecule has 0 aliphatic heterocycles. The van der Waals surface area contributed by atoms with Crippen molar-refractivity contribution in [1.29, 1.82) is 0 Å². The molecule has 0 atom stereocenters. The van der Waals surface area contributed by atoms with E-state index < -0.39 is 0 Å². The highest BCUT2D eigenvalue weighted by atomic mass is 16.3. The molecular formula is C13H21NO. The summed E-state index contributed by atoms with van der Waals surface area (Å²) in [6.07, 6.45) is 4.56. The van der Waals surface area contributed by atoms with Gasteiger partial charge in [0.05, 0.1) is 0 Å². The number of aryl methyl sites for hydroxylation is 3. The van der Waals surface area contributed by atoms with E-state index in [9.17, 15) is 5.11 Å². The van der Waals surface area contributed by atoms with E-state index in [2.05, 4.69) is 12.1 Å². The van der Waals surface area contributed by atoms with E-state index in [1.807, 2.05) is 13.8 Å². The number of unbranched alkanes of at least 4 members (excludes halogenated alkanes) is 2. The molecule has 15 heavy (non-hydrogen) atoms. The lowest BCUT2D eigenvalue weighted by atomic mass is 10.0. The molecule has 0 bridgehead atoms. The fourth-order valence-corrected chi connectivity index (χ4v) is 1.84. The Balaban J connectivity index is 2.55. The van der Waals surface area contributed by atoms with Crippen molar-refractivity contribution >= 4 is 0 Å². The van der Waals surface area contributed by atoms with Crippen molar-refractivity contribution in [3.05, 3.63) is 28.8 Å². The Morgan fingerprint density at radius 1 is 1.07 bits per heavy atom. The van der Waals surface area contributed by atoms with Crippen LogP contribution in [0.25, 0.3) is 0 Å². The Morgan fingerprint density at radius 3 is 2.20 bits per heavy atom. The van der Waals surface area contributed by atoms with Crippen molar-refractivity contribution in [1.82, 2.24) is 0 Å². The first-order valence-electron chi connectivity index (χ1n) is 5.64. The number of rotatable bonds is 5. The van der Waals surface area contributed by atoms with Gasteiger partial charge in [0, 0.05) is 0 Å². The molecule has 0 heterocycles. The summed E-state index contributed by atoms with van der Waals surface area (Å²) in [5.74, 6) is 0.431. The molecule has 2 nitrogen and oxygen atoms in total. The van der Waals surface area contributed by atoms with Crippen LogP contribution < -0.4 is 5.73 Å². The second kappa shape index (κ2) is 5.76. The van der Waals surface area contributed by atoms with Gasteiger partial charge in [-0.1, -0.05) is 18.6 Å². The van der Waals surface area contributed by atoms with Crippen molar-refractivity contribution in [2.24, 2.45) is 5.73 Å². The van der Waals surface area contributed by atoms with Gasteiger partial charge in [-0.25, -0.2) is 0 Å². The molecule has 3 N–H and O–H groups in total. The Kier molecular flexibility index (Phi) is 4.63. The van der Waals surface area contributed by atoms with Crippen LogP contribution in [0.5, 0.6) is 5.75 Å². The van der Waals surface area contributed by atoms with E-state index in [1.165, 1.54) is 18.4 Å². The highest BCUT2D eigenvalue weighted by Crippen LogP contribution is 2.23. The average Bonchev–Trinajstić information content (AvgIpc) is 2.21. The Hall–Kier alpha value is -1.02. The number of benzene rings is 1. The molecule has 2 heteroatoms. The van der Waals surface area contributed by atoms with Gasteiger partial charge in [0.2, 0.25) is 0 Å². The lowest BCUT2D eigenvalue weighted by molar-refractivity contribution is 0.466. The molecule has 0 radical (unpaired) electrons. The van der Waals surface area contributed by atoms with Gasteiger partial charge in [0.25, 0.3) is 0 Å². The van der Waals surface area contributed by atoms with Gasteiger partial charge in [-0.2, -0.15) is 0 Å². The van der Waals surface area contributed by atoms with E-state index in [4.69, 9.17) is 5.73 Å². The Morgan fingerprint density at radius 2 is 1.67 bits per heavy atom. The van der Waals surface area contributed by atoms with Crippen molar-refractivity contribution in [3.63, 3.8) is 0 Å². The SMILES string of the molecule is Cc1cc(CCCCCN)cc(C)c1O. The van der Waals surface area contributed by atoms with Crippen LogP contribution in [-0.4, -0.2) is 11.7 Å². The van der Waals surface area contributed by atoms with Crippen LogP contribution in [0.3, 0.4) is 0 Å². The maximum atomic E-state index is 9.62. The summed E-state index contributed by atoms with van der Waals surface area (Å²) in [5.41, 5.74) is 8.71. The smallest absolute Gasteiger partial charge is 0.121 e. The highest BCUT2D eigenvalue weighted by Gasteiger charge is 2.02. The average molecular weight is 207 g/mol. The second-order valence-electron chi connectivity index (χ2n) is 4.18. The third-order valence-corrected chi connectivity index (χ3v) is 2.72. The molecule has 0 unspecified atom stereocenters. The summed E-state index contributed by atoms with van der Waals surface area (Å²) >= 11 is 0. The lowest BCUT2D eigenvalue weighted by Gasteiger charge is -2.07. The number of nitrogens with two attached hydrogens (primary N) is 1. The van der Waals surface area contributed by atoms with E-state index in [1.54, 1.807) is 0 Å². The standard InChI is InChI=1S/C13H21NO/c1-10-8-12(6-4-3-5-7-14)9-11(2)13(10)15/h8-9,15H,3-7,14H2,1-2H3. The maximum Gasteiger partial charge on any atom is 0.121 e. The normalized spacial score (nSPS) is 10.6. The molecule has 0 aliphatic rings. The lowest BCUT2D eigenvalue weighted by Crippen LogP contribution is -1.98. The molecular weight excluding hydrogens is 186 g/mol. The van der Waals surface area contributed by atoms with Crippen LogP contribution in [0.1, 0.15) is 36.0 Å². The monoisotopic (exact) mass is 207 g/mol. The molecule has 0 amide bonds. The summed E-state index contributed by atoms with van der Waals surface area (Å²) in [4.78, 5) is 0. The first kappa shape index (κ1) is 12.1. The van der Waals surface area contributed by atoms with Gasteiger partial charge in [-0.3, -0.25) is 0 Å². The topological polar surface area (TPSA) is 46.2 Å². The molecule has 1 aromatic carbocycles. The van der Waals surface area contributed by atoms with Gasteiger partial charge in [0.1, 0.15) is 5.75 Å². The van der Waals surface area contributed by atoms with Crippen LogP contribution in [-0.2, 0) is 6.42 Å². The molecule has 0 aromatic heterocycles. The van der Waals surface area contributed by atoms with Crippen molar-refractivity contribution in [3.8, 4) is 5.75 Å². The maximum absolute atomic E-state index is 9.62. The third-order valence-electron chi connectivity index (χ3n) is 2.72. The fraction of sp³-hybridized carbons (Fsp3) is 0.538. The molecule has 0 spiro atoms. The summed E-state index contributed by atoms with van der Waals surface area (Å²) in [6.45, 7) is 4.69. The van der Waals surface area contributed by atoms with Gasteiger partial charge < -0.3 is 10.8 Å². The number of phenolic OH excluding ortho intramolecular Hbond substituents is 1. The summed E-state index contributed by atoms with van der Waals surface area (Å²) in [7, 11) is 0. The van der Waals surface area contributed by atoms with Gasteiger partial charge >= 0.3 is 0 Å². The molecule has 84 valence electrons. The fourth-order valence-electron chi connectivity index (χ4n) is 1.84. The van der Waals surface area contributed by atoms with Crippen molar-refractivity contribution < 1.29 is 5.11 Å². The van der Waals surface area contributed by atoms with Gasteiger partial charge in [0.15, 0.2) is 0 Å². The zero-order chi connectivity index (χ0) is 11.3. The number of hydrogen-bond acceptors (Lipinski definition) is 2. The Labute approximate surface area is 92.1 Å². The van der Waals surface area contributed by atoms with E-state index in [-0.39, 0.29) is 0 Å². The zero-order valence-electron chi connectivity index (χ0n) is 9.71. The minimum atomic E-state index is 0.431. The first-order chi connectivity index (χ1) is 7.15. The van der Waals surface area contributed by atoms with Crippen LogP contribution in [0, 0.1) is 13.8 Å². The summed E-state index contributed by atoms with van der Waals surface area (Å²) < 4.78 is 0. The van der Waals surface area contributed by atoms with Gasteiger partial charge in [-0.15, -0.1) is 0 Å². The van der Waals surface area contributed by atoms with E-state index in [0.717, 1.165) is 30.5 Å². The van der Waals surface area contributed by atoms with Crippen molar-refractivity contribution in [2.75, 3.05) is 6.54 Å². The number of phenols is 1. The van der Waals surface area contributed by atoms with Crippen molar-refractivity contribution in [2.45, 2.75) is 39.5 Å². The third kappa shape index (κ3) is 3.56. The Bertz CT molecular complexity index is 297. The van der Waals surface area contributed by atoms with Crippen LogP contribution in [0.15, 0.2) is 12.1 Å². The first-order valence-corrected chi connectivity index (χ1v) is 5.64. The summed E-state index contributed by atoms with van der Waals surface area (Å²) in [6, 6.07) is 4.15. The molecule has 0 saturated heterocycles. The second-order valence-corrected chi connectivity index (χ2v) is 4.18. The minimum Gasteiger partial charge on any atom is -0.507 e. The molecule has 1 rings (SSSR count). The van der Waals surface area contributed by atoms with Crippen LogP contribution in [0.2, 0.25) is 0 Å². The quantitative estimate of drug-likeness (QED) is 0.729. The molecule has 0 fully saturated rings. The zero-order valence-corrected chi connectivity index (χ0v) is 9.71.